The number of amides is 1. The fraction of sp³-hybridized carbons (Fsp3) is 0.562. The predicted octanol–water partition coefficient (Wildman–Crippen LogP) is 1.74. The zero-order valence-corrected chi connectivity index (χ0v) is 12.3. The third kappa shape index (κ3) is 4.23. The fourth-order valence-corrected chi connectivity index (χ4v) is 2.67. The van der Waals surface area contributed by atoms with E-state index in [-0.39, 0.29) is 11.8 Å². The summed E-state index contributed by atoms with van der Waals surface area (Å²) >= 11 is 0. The van der Waals surface area contributed by atoms with Crippen molar-refractivity contribution in [2.45, 2.75) is 32.2 Å². The minimum absolute atomic E-state index is 0.163. The molecule has 0 aromatic heterocycles. The van der Waals surface area contributed by atoms with Gasteiger partial charge in [-0.1, -0.05) is 12.1 Å². The second-order valence-electron chi connectivity index (χ2n) is 5.47. The van der Waals surface area contributed by atoms with Crippen LogP contribution in [0.15, 0.2) is 24.3 Å². The molecule has 1 aromatic carbocycles. The Kier molecular flexibility index (Phi) is 5.41. The average molecular weight is 276 g/mol. The monoisotopic (exact) mass is 276 g/mol. The van der Waals surface area contributed by atoms with Crippen LogP contribution in [0.1, 0.15) is 25.3 Å². The van der Waals surface area contributed by atoms with Crippen molar-refractivity contribution in [1.29, 1.82) is 0 Å². The van der Waals surface area contributed by atoms with Crippen LogP contribution in [-0.2, 0) is 11.2 Å². The molecule has 1 amide bonds. The lowest BCUT2D eigenvalue weighted by molar-refractivity contribution is -0.126. The second-order valence-corrected chi connectivity index (χ2v) is 5.47. The summed E-state index contributed by atoms with van der Waals surface area (Å²) in [5.41, 5.74) is 1.18. The van der Waals surface area contributed by atoms with Gasteiger partial charge in [0.2, 0.25) is 5.91 Å². The molecule has 0 unspecified atom stereocenters. The summed E-state index contributed by atoms with van der Waals surface area (Å²) in [7, 11) is 1.67. The maximum Gasteiger partial charge on any atom is 0.223 e. The quantitative estimate of drug-likeness (QED) is 0.861. The Morgan fingerprint density at radius 2 is 2.35 bits per heavy atom. The number of hydrogen-bond donors (Lipinski definition) is 2. The van der Waals surface area contributed by atoms with Crippen LogP contribution >= 0.6 is 0 Å². The van der Waals surface area contributed by atoms with Gasteiger partial charge in [-0.3, -0.25) is 4.79 Å². The lowest BCUT2D eigenvalue weighted by atomic mass is 9.92. The molecule has 0 spiro atoms. The van der Waals surface area contributed by atoms with Gasteiger partial charge in [-0.25, -0.2) is 0 Å². The number of rotatable bonds is 5. The molecular formula is C16H24N2O2. The molecule has 4 heteroatoms. The molecule has 1 aliphatic rings. The molecule has 0 bridgehead atoms. The van der Waals surface area contributed by atoms with E-state index in [9.17, 15) is 4.79 Å². The van der Waals surface area contributed by atoms with E-state index in [1.54, 1.807) is 7.11 Å². The molecule has 2 rings (SSSR count). The van der Waals surface area contributed by atoms with Crippen molar-refractivity contribution >= 4 is 5.91 Å². The molecule has 1 fully saturated rings. The summed E-state index contributed by atoms with van der Waals surface area (Å²) in [6, 6.07) is 8.42. The molecule has 20 heavy (non-hydrogen) atoms. The van der Waals surface area contributed by atoms with E-state index in [1.165, 1.54) is 5.56 Å². The Balaban J connectivity index is 1.76. The van der Waals surface area contributed by atoms with Crippen molar-refractivity contribution in [1.82, 2.24) is 10.6 Å². The van der Waals surface area contributed by atoms with E-state index in [1.807, 2.05) is 18.2 Å². The molecule has 1 aromatic rings. The maximum absolute atomic E-state index is 12.1. The third-order valence-corrected chi connectivity index (χ3v) is 3.84. The molecule has 1 aliphatic heterocycles. The summed E-state index contributed by atoms with van der Waals surface area (Å²) in [4.78, 5) is 12.1. The summed E-state index contributed by atoms with van der Waals surface area (Å²) in [6.45, 7) is 3.76. The standard InChI is InChI=1S/C16H24N2O2/c1-12-10-14(7-9-17-12)16(19)18-8-6-13-4-3-5-15(11-13)20-2/h3-5,11-12,14,17H,6-10H2,1-2H3,(H,18,19)/t12-,14-/m0/s1. The molecule has 1 saturated heterocycles. The Morgan fingerprint density at radius 3 is 3.10 bits per heavy atom. The molecular weight excluding hydrogens is 252 g/mol. The summed E-state index contributed by atoms with van der Waals surface area (Å²) in [5.74, 6) is 1.22. The number of ether oxygens (including phenoxy) is 1. The van der Waals surface area contributed by atoms with Crippen molar-refractivity contribution < 1.29 is 9.53 Å². The van der Waals surface area contributed by atoms with E-state index >= 15 is 0 Å². The molecule has 110 valence electrons. The highest BCUT2D eigenvalue weighted by Gasteiger charge is 2.24. The minimum Gasteiger partial charge on any atom is -0.497 e. The summed E-state index contributed by atoms with van der Waals surface area (Å²) in [6.07, 6.45) is 2.71. The van der Waals surface area contributed by atoms with Crippen LogP contribution in [0.2, 0.25) is 0 Å². The van der Waals surface area contributed by atoms with Gasteiger partial charge < -0.3 is 15.4 Å². The summed E-state index contributed by atoms with van der Waals surface area (Å²) in [5, 5.41) is 6.42. The Hall–Kier alpha value is -1.55. The lowest BCUT2D eigenvalue weighted by Gasteiger charge is -2.27. The summed E-state index contributed by atoms with van der Waals surface area (Å²) < 4.78 is 5.19. The van der Waals surface area contributed by atoms with Crippen molar-refractivity contribution in [3.8, 4) is 5.75 Å². The van der Waals surface area contributed by atoms with Gasteiger partial charge in [-0.05, 0) is 50.4 Å². The normalized spacial score (nSPS) is 22.3. The topological polar surface area (TPSA) is 50.4 Å². The van der Waals surface area contributed by atoms with Gasteiger partial charge in [0.25, 0.3) is 0 Å². The Morgan fingerprint density at radius 1 is 1.50 bits per heavy atom. The van der Waals surface area contributed by atoms with Crippen LogP contribution in [0.25, 0.3) is 0 Å². The van der Waals surface area contributed by atoms with E-state index in [0.29, 0.717) is 12.6 Å². The van der Waals surface area contributed by atoms with Gasteiger partial charge >= 0.3 is 0 Å². The second kappa shape index (κ2) is 7.29. The molecule has 2 atom stereocenters. The number of nitrogens with one attached hydrogen (secondary N) is 2. The Bertz CT molecular complexity index is 448. The maximum atomic E-state index is 12.1. The highest BCUT2D eigenvalue weighted by atomic mass is 16.5. The third-order valence-electron chi connectivity index (χ3n) is 3.84. The largest absolute Gasteiger partial charge is 0.497 e. The highest BCUT2D eigenvalue weighted by molar-refractivity contribution is 5.78. The number of carbonyl (C=O) groups excluding carboxylic acids is 1. The molecule has 2 N–H and O–H groups in total. The fourth-order valence-electron chi connectivity index (χ4n) is 2.67. The number of carbonyl (C=O) groups is 1. The average Bonchev–Trinajstić information content (AvgIpc) is 2.47. The van der Waals surface area contributed by atoms with E-state index in [0.717, 1.165) is 31.6 Å². The zero-order valence-electron chi connectivity index (χ0n) is 12.3. The molecule has 0 radical (unpaired) electrons. The van der Waals surface area contributed by atoms with Gasteiger partial charge in [-0.2, -0.15) is 0 Å². The van der Waals surface area contributed by atoms with Crippen molar-refractivity contribution in [3.63, 3.8) is 0 Å². The van der Waals surface area contributed by atoms with Crippen LogP contribution in [0.4, 0.5) is 0 Å². The highest BCUT2D eigenvalue weighted by Crippen LogP contribution is 2.16. The zero-order chi connectivity index (χ0) is 14.4. The number of hydrogen-bond acceptors (Lipinski definition) is 3. The predicted molar refractivity (Wildman–Crippen MR) is 79.9 cm³/mol. The van der Waals surface area contributed by atoms with Gasteiger partial charge in [0.15, 0.2) is 0 Å². The van der Waals surface area contributed by atoms with Crippen LogP contribution < -0.4 is 15.4 Å². The molecule has 4 nitrogen and oxygen atoms in total. The lowest BCUT2D eigenvalue weighted by Crippen LogP contribution is -2.42. The van der Waals surface area contributed by atoms with E-state index < -0.39 is 0 Å². The van der Waals surface area contributed by atoms with Crippen molar-refractivity contribution in [2.75, 3.05) is 20.2 Å². The number of benzene rings is 1. The smallest absolute Gasteiger partial charge is 0.223 e. The van der Waals surface area contributed by atoms with Crippen LogP contribution in [-0.4, -0.2) is 32.1 Å². The first-order chi connectivity index (χ1) is 9.69. The first-order valence-corrected chi connectivity index (χ1v) is 7.33. The molecule has 0 saturated carbocycles. The number of methoxy groups -OCH3 is 1. The van der Waals surface area contributed by atoms with Crippen LogP contribution in [0.5, 0.6) is 5.75 Å². The van der Waals surface area contributed by atoms with Gasteiger partial charge in [0, 0.05) is 18.5 Å². The SMILES string of the molecule is COc1cccc(CCNC(=O)[C@H]2CCN[C@@H](C)C2)c1. The number of piperidine rings is 1. The van der Waals surface area contributed by atoms with Crippen LogP contribution in [0.3, 0.4) is 0 Å². The van der Waals surface area contributed by atoms with Crippen molar-refractivity contribution in [2.24, 2.45) is 5.92 Å². The van der Waals surface area contributed by atoms with Gasteiger partial charge in [0.05, 0.1) is 7.11 Å². The van der Waals surface area contributed by atoms with Crippen molar-refractivity contribution in [3.05, 3.63) is 29.8 Å². The molecule has 1 heterocycles. The molecule has 0 aliphatic carbocycles. The van der Waals surface area contributed by atoms with Gasteiger partial charge in [0.1, 0.15) is 5.75 Å². The van der Waals surface area contributed by atoms with Gasteiger partial charge in [-0.15, -0.1) is 0 Å². The van der Waals surface area contributed by atoms with E-state index in [4.69, 9.17) is 4.74 Å². The van der Waals surface area contributed by atoms with Crippen LogP contribution in [0, 0.1) is 5.92 Å². The van der Waals surface area contributed by atoms with E-state index in [2.05, 4.69) is 23.6 Å². The Labute approximate surface area is 120 Å². The first kappa shape index (κ1) is 14.9. The minimum atomic E-state index is 0.163. The first-order valence-electron chi connectivity index (χ1n) is 7.33.